The van der Waals surface area contributed by atoms with Gasteiger partial charge >= 0.3 is 0 Å². The zero-order chi connectivity index (χ0) is 22.5. The van der Waals surface area contributed by atoms with Gasteiger partial charge in [0.2, 0.25) is 11.8 Å². The van der Waals surface area contributed by atoms with Gasteiger partial charge in [-0.15, -0.1) is 0 Å². The first-order valence-electron chi connectivity index (χ1n) is 10.1. The van der Waals surface area contributed by atoms with Crippen LogP contribution in [0.1, 0.15) is 18.1 Å². The first-order chi connectivity index (χ1) is 14.8. The van der Waals surface area contributed by atoms with Gasteiger partial charge in [0.05, 0.1) is 28.1 Å². The number of carbonyl (C=O) groups is 2. The number of aryl methyl sites for hydroxylation is 1. The lowest BCUT2D eigenvalue weighted by Crippen LogP contribution is -2.54. The first-order valence-corrected chi connectivity index (χ1v) is 10.4. The lowest BCUT2D eigenvalue weighted by molar-refractivity contribution is -0.384. The number of anilines is 1. The Morgan fingerprint density at radius 2 is 1.84 bits per heavy atom. The SMILES string of the molecule is Cc1ccccc1CC(=O)N1CCN(C(C)C(=O)Nc2cc([N+](=O)[O-])ccc2Cl)CC1. The molecule has 0 bridgehead atoms. The van der Waals surface area contributed by atoms with Crippen molar-refractivity contribution >= 4 is 34.8 Å². The molecule has 1 aliphatic heterocycles. The molecule has 8 nitrogen and oxygen atoms in total. The number of hydrogen-bond donors (Lipinski definition) is 1. The van der Waals surface area contributed by atoms with Crippen LogP contribution in [0.4, 0.5) is 11.4 Å². The summed E-state index contributed by atoms with van der Waals surface area (Å²) in [6.07, 6.45) is 0.369. The zero-order valence-corrected chi connectivity index (χ0v) is 18.3. The summed E-state index contributed by atoms with van der Waals surface area (Å²) < 4.78 is 0. The van der Waals surface area contributed by atoms with Crippen molar-refractivity contribution in [2.75, 3.05) is 31.5 Å². The molecule has 2 amide bonds. The standard InChI is InChI=1S/C22H25ClN4O4/c1-15-5-3-4-6-17(15)13-21(28)26-11-9-25(10-12-26)16(2)22(29)24-20-14-18(27(30)31)7-8-19(20)23/h3-8,14,16H,9-13H2,1-2H3,(H,24,29). The van der Waals surface area contributed by atoms with Crippen LogP contribution in [0, 0.1) is 17.0 Å². The summed E-state index contributed by atoms with van der Waals surface area (Å²) >= 11 is 6.07. The molecule has 1 fully saturated rings. The molecule has 9 heteroatoms. The number of nitro benzene ring substituents is 1. The minimum Gasteiger partial charge on any atom is -0.340 e. The van der Waals surface area contributed by atoms with Gasteiger partial charge in [0.15, 0.2) is 0 Å². The Kier molecular flexibility index (Phi) is 7.25. The molecule has 2 aromatic rings. The highest BCUT2D eigenvalue weighted by atomic mass is 35.5. The molecule has 0 spiro atoms. The number of nitrogens with zero attached hydrogens (tertiary/aromatic N) is 3. The second kappa shape index (κ2) is 9.89. The summed E-state index contributed by atoms with van der Waals surface area (Å²) in [7, 11) is 0. The van der Waals surface area contributed by atoms with E-state index in [1.165, 1.54) is 18.2 Å². The van der Waals surface area contributed by atoms with E-state index in [-0.39, 0.29) is 28.2 Å². The molecule has 0 aromatic heterocycles. The molecule has 1 heterocycles. The van der Waals surface area contributed by atoms with Gasteiger partial charge in [-0.1, -0.05) is 35.9 Å². The number of piperazine rings is 1. The molecule has 1 N–H and O–H groups in total. The molecule has 1 atom stereocenters. The van der Waals surface area contributed by atoms with Crippen molar-refractivity contribution in [3.8, 4) is 0 Å². The second-order valence-corrected chi connectivity index (χ2v) is 8.01. The van der Waals surface area contributed by atoms with Crippen LogP contribution in [0.25, 0.3) is 0 Å². The van der Waals surface area contributed by atoms with Crippen LogP contribution in [0.15, 0.2) is 42.5 Å². The highest BCUT2D eigenvalue weighted by molar-refractivity contribution is 6.33. The number of hydrogen-bond acceptors (Lipinski definition) is 5. The number of nitrogens with one attached hydrogen (secondary N) is 1. The maximum absolute atomic E-state index is 12.7. The van der Waals surface area contributed by atoms with Crippen LogP contribution >= 0.6 is 11.6 Å². The van der Waals surface area contributed by atoms with Crippen LogP contribution in [-0.4, -0.2) is 58.8 Å². The summed E-state index contributed by atoms with van der Waals surface area (Å²) in [5.41, 5.74) is 2.18. The second-order valence-electron chi connectivity index (χ2n) is 7.61. The summed E-state index contributed by atoms with van der Waals surface area (Å²) in [6, 6.07) is 11.3. The fraction of sp³-hybridized carbons (Fsp3) is 0.364. The van der Waals surface area contributed by atoms with Crippen molar-refractivity contribution in [3.05, 3.63) is 68.7 Å². The van der Waals surface area contributed by atoms with Crippen molar-refractivity contribution in [2.45, 2.75) is 26.3 Å². The predicted octanol–water partition coefficient (Wildman–Crippen LogP) is 3.27. The Morgan fingerprint density at radius 1 is 1.16 bits per heavy atom. The zero-order valence-electron chi connectivity index (χ0n) is 17.5. The minimum atomic E-state index is -0.539. The lowest BCUT2D eigenvalue weighted by atomic mass is 10.0. The molecular formula is C22H25ClN4O4. The Balaban J connectivity index is 1.55. The van der Waals surface area contributed by atoms with Gasteiger partial charge in [-0.05, 0) is 31.0 Å². The molecule has 1 aliphatic rings. The largest absolute Gasteiger partial charge is 0.340 e. The van der Waals surface area contributed by atoms with Crippen LogP contribution in [0.2, 0.25) is 5.02 Å². The molecule has 31 heavy (non-hydrogen) atoms. The topological polar surface area (TPSA) is 95.8 Å². The van der Waals surface area contributed by atoms with Crippen molar-refractivity contribution in [2.24, 2.45) is 0 Å². The van der Waals surface area contributed by atoms with Crippen molar-refractivity contribution in [3.63, 3.8) is 0 Å². The molecule has 0 aliphatic carbocycles. The Morgan fingerprint density at radius 3 is 2.48 bits per heavy atom. The van der Waals surface area contributed by atoms with E-state index in [0.29, 0.717) is 32.6 Å². The van der Waals surface area contributed by atoms with Crippen LogP contribution in [-0.2, 0) is 16.0 Å². The summed E-state index contributed by atoms with van der Waals surface area (Å²) in [6.45, 7) is 5.98. The van der Waals surface area contributed by atoms with E-state index in [0.717, 1.165) is 11.1 Å². The molecule has 0 saturated carbocycles. The third kappa shape index (κ3) is 5.59. The van der Waals surface area contributed by atoms with E-state index in [2.05, 4.69) is 5.32 Å². The van der Waals surface area contributed by atoms with Gasteiger partial charge in [-0.3, -0.25) is 24.6 Å². The number of rotatable bonds is 6. The van der Waals surface area contributed by atoms with E-state index in [1.807, 2.05) is 41.0 Å². The van der Waals surface area contributed by atoms with Crippen LogP contribution < -0.4 is 5.32 Å². The highest BCUT2D eigenvalue weighted by Gasteiger charge is 2.28. The summed E-state index contributed by atoms with van der Waals surface area (Å²) in [5.74, 6) is -0.225. The molecule has 1 unspecified atom stereocenters. The van der Waals surface area contributed by atoms with E-state index in [9.17, 15) is 19.7 Å². The fourth-order valence-electron chi connectivity index (χ4n) is 3.57. The first kappa shape index (κ1) is 22.7. The third-order valence-electron chi connectivity index (χ3n) is 5.62. The van der Waals surface area contributed by atoms with Gasteiger partial charge in [-0.2, -0.15) is 0 Å². The molecular weight excluding hydrogens is 420 g/mol. The normalized spacial score (nSPS) is 15.4. The molecule has 1 saturated heterocycles. The number of amides is 2. The summed E-state index contributed by atoms with van der Waals surface area (Å²) in [4.78, 5) is 39.6. The number of halogens is 1. The molecule has 2 aromatic carbocycles. The smallest absolute Gasteiger partial charge is 0.271 e. The number of non-ortho nitro benzene ring substituents is 1. The van der Waals surface area contributed by atoms with E-state index in [4.69, 9.17) is 11.6 Å². The van der Waals surface area contributed by atoms with Crippen molar-refractivity contribution in [1.82, 2.24) is 9.80 Å². The molecule has 164 valence electrons. The maximum atomic E-state index is 12.7. The van der Waals surface area contributed by atoms with Gasteiger partial charge in [0, 0.05) is 38.3 Å². The lowest BCUT2D eigenvalue weighted by Gasteiger charge is -2.37. The Hall–Kier alpha value is -2.97. The van der Waals surface area contributed by atoms with Gasteiger partial charge in [0.1, 0.15) is 0 Å². The third-order valence-corrected chi connectivity index (χ3v) is 5.95. The van der Waals surface area contributed by atoms with Crippen LogP contribution in [0.5, 0.6) is 0 Å². The van der Waals surface area contributed by atoms with Crippen LogP contribution in [0.3, 0.4) is 0 Å². The van der Waals surface area contributed by atoms with E-state index in [1.54, 1.807) is 6.92 Å². The monoisotopic (exact) mass is 444 g/mol. The molecule has 0 radical (unpaired) electrons. The number of carbonyl (C=O) groups excluding carboxylic acids is 2. The Labute approximate surface area is 185 Å². The Bertz CT molecular complexity index is 989. The average molecular weight is 445 g/mol. The highest BCUT2D eigenvalue weighted by Crippen LogP contribution is 2.27. The summed E-state index contributed by atoms with van der Waals surface area (Å²) in [5, 5.41) is 13.9. The van der Waals surface area contributed by atoms with Crippen molar-refractivity contribution in [1.29, 1.82) is 0 Å². The molecule has 3 rings (SSSR count). The minimum absolute atomic E-state index is 0.0782. The van der Waals surface area contributed by atoms with Crippen molar-refractivity contribution < 1.29 is 14.5 Å². The fourth-order valence-corrected chi connectivity index (χ4v) is 3.73. The number of nitro groups is 1. The maximum Gasteiger partial charge on any atom is 0.271 e. The quantitative estimate of drug-likeness (QED) is 0.545. The predicted molar refractivity (Wildman–Crippen MR) is 119 cm³/mol. The number of benzene rings is 2. The van der Waals surface area contributed by atoms with Gasteiger partial charge < -0.3 is 10.2 Å². The van der Waals surface area contributed by atoms with E-state index < -0.39 is 11.0 Å². The van der Waals surface area contributed by atoms with Gasteiger partial charge in [0.25, 0.3) is 5.69 Å². The average Bonchev–Trinajstić information content (AvgIpc) is 2.76. The van der Waals surface area contributed by atoms with Gasteiger partial charge in [-0.25, -0.2) is 0 Å². The van der Waals surface area contributed by atoms with E-state index >= 15 is 0 Å².